The van der Waals surface area contributed by atoms with Crippen LogP contribution >= 0.6 is 47.8 Å². The first-order valence-electron chi connectivity index (χ1n) is 5.90. The zero-order chi connectivity index (χ0) is 15.6. The Morgan fingerprint density at radius 3 is 2.52 bits per heavy atom. The molecular formula is C14H11Br3N2O2. The lowest BCUT2D eigenvalue weighted by atomic mass is 10.2. The summed E-state index contributed by atoms with van der Waals surface area (Å²) in [6.45, 7) is 1.86. The number of hydrogen-bond donors (Lipinski definition) is 1. The van der Waals surface area contributed by atoms with E-state index in [0.717, 1.165) is 14.6 Å². The fourth-order valence-corrected chi connectivity index (χ4v) is 3.34. The monoisotopic (exact) mass is 476 g/mol. The first-order chi connectivity index (χ1) is 9.92. The van der Waals surface area contributed by atoms with Crippen LogP contribution in [0.2, 0.25) is 0 Å². The first kappa shape index (κ1) is 16.5. The number of ether oxygens (including phenoxy) is 1. The van der Waals surface area contributed by atoms with E-state index < -0.39 is 0 Å². The summed E-state index contributed by atoms with van der Waals surface area (Å²) < 4.78 is 7.64. The second-order valence-corrected chi connectivity index (χ2v) is 6.81. The summed E-state index contributed by atoms with van der Waals surface area (Å²) in [6.07, 6.45) is 0. The fraction of sp³-hybridized carbons (Fsp3) is 0.143. The predicted octanol–water partition coefficient (Wildman–Crippen LogP) is 4.94. The SMILES string of the molecule is COc1c(Br)cc(Br)cc1C(=O)Nc1ccc(Br)c(C)n1. The number of anilines is 1. The van der Waals surface area contributed by atoms with Gasteiger partial charge in [-0.05, 0) is 63.0 Å². The second kappa shape index (κ2) is 6.89. The molecule has 21 heavy (non-hydrogen) atoms. The molecular weight excluding hydrogens is 468 g/mol. The Morgan fingerprint density at radius 2 is 1.90 bits per heavy atom. The molecule has 2 rings (SSSR count). The number of pyridine rings is 1. The Bertz CT molecular complexity index is 705. The lowest BCUT2D eigenvalue weighted by Gasteiger charge is -2.12. The zero-order valence-corrected chi connectivity index (χ0v) is 16.0. The maximum Gasteiger partial charge on any atom is 0.260 e. The van der Waals surface area contributed by atoms with Crippen LogP contribution in [0.4, 0.5) is 5.82 Å². The van der Waals surface area contributed by atoms with Gasteiger partial charge in [-0.15, -0.1) is 0 Å². The van der Waals surface area contributed by atoms with Crippen LogP contribution in [0.15, 0.2) is 37.7 Å². The van der Waals surface area contributed by atoms with Gasteiger partial charge in [-0.25, -0.2) is 4.98 Å². The van der Waals surface area contributed by atoms with E-state index in [9.17, 15) is 4.79 Å². The Labute approximate surface area is 147 Å². The Hall–Kier alpha value is -0.920. The lowest BCUT2D eigenvalue weighted by molar-refractivity contribution is 0.102. The van der Waals surface area contributed by atoms with Gasteiger partial charge in [0.25, 0.3) is 5.91 Å². The highest BCUT2D eigenvalue weighted by molar-refractivity contribution is 9.11. The van der Waals surface area contributed by atoms with E-state index in [-0.39, 0.29) is 5.91 Å². The molecule has 0 unspecified atom stereocenters. The smallest absolute Gasteiger partial charge is 0.260 e. The number of rotatable bonds is 3. The topological polar surface area (TPSA) is 51.2 Å². The van der Waals surface area contributed by atoms with E-state index in [2.05, 4.69) is 58.1 Å². The number of aryl methyl sites for hydroxylation is 1. The highest BCUT2D eigenvalue weighted by atomic mass is 79.9. The molecule has 0 bridgehead atoms. The Morgan fingerprint density at radius 1 is 1.19 bits per heavy atom. The normalized spacial score (nSPS) is 10.3. The zero-order valence-electron chi connectivity index (χ0n) is 11.2. The van der Waals surface area contributed by atoms with Crippen molar-refractivity contribution >= 4 is 59.5 Å². The van der Waals surface area contributed by atoms with E-state index in [4.69, 9.17) is 4.74 Å². The molecule has 0 aliphatic carbocycles. The lowest BCUT2D eigenvalue weighted by Crippen LogP contribution is -2.14. The standard InChI is InChI=1S/C14H11Br3N2O2/c1-7-10(16)3-4-12(18-7)19-14(20)9-5-8(15)6-11(17)13(9)21-2/h3-6H,1-2H3,(H,18,19,20). The van der Waals surface area contributed by atoms with Crippen molar-refractivity contribution in [3.05, 3.63) is 48.9 Å². The number of amides is 1. The second-order valence-electron chi connectivity index (χ2n) is 4.19. The predicted molar refractivity (Wildman–Crippen MR) is 93.0 cm³/mol. The van der Waals surface area contributed by atoms with E-state index in [1.54, 1.807) is 12.1 Å². The number of aromatic nitrogens is 1. The fourth-order valence-electron chi connectivity index (χ4n) is 1.73. The maximum atomic E-state index is 12.4. The summed E-state index contributed by atoms with van der Waals surface area (Å²) in [5.41, 5.74) is 1.22. The molecule has 1 heterocycles. The van der Waals surface area contributed by atoms with Crippen LogP contribution in [0.3, 0.4) is 0 Å². The average molecular weight is 479 g/mol. The van der Waals surface area contributed by atoms with Gasteiger partial charge in [-0.2, -0.15) is 0 Å². The van der Waals surface area contributed by atoms with Crippen LogP contribution in [-0.4, -0.2) is 18.0 Å². The summed E-state index contributed by atoms with van der Waals surface area (Å²) in [4.78, 5) is 16.7. The van der Waals surface area contributed by atoms with Crippen LogP contribution in [0.25, 0.3) is 0 Å². The largest absolute Gasteiger partial charge is 0.495 e. The van der Waals surface area contributed by atoms with Crippen molar-refractivity contribution in [2.45, 2.75) is 6.92 Å². The minimum absolute atomic E-state index is 0.289. The molecule has 1 amide bonds. The van der Waals surface area contributed by atoms with Crippen molar-refractivity contribution in [1.82, 2.24) is 4.98 Å². The van der Waals surface area contributed by atoms with Gasteiger partial charge in [0.1, 0.15) is 11.6 Å². The number of nitrogens with zero attached hydrogens (tertiary/aromatic N) is 1. The van der Waals surface area contributed by atoms with Crippen molar-refractivity contribution in [3.63, 3.8) is 0 Å². The number of nitrogens with one attached hydrogen (secondary N) is 1. The minimum atomic E-state index is -0.289. The molecule has 0 atom stereocenters. The molecule has 0 aliphatic heterocycles. The van der Waals surface area contributed by atoms with Gasteiger partial charge in [0.15, 0.2) is 0 Å². The van der Waals surface area contributed by atoms with Crippen molar-refractivity contribution in [3.8, 4) is 5.75 Å². The number of carbonyl (C=O) groups excluding carboxylic acids is 1. The maximum absolute atomic E-state index is 12.4. The van der Waals surface area contributed by atoms with Gasteiger partial charge in [-0.3, -0.25) is 4.79 Å². The van der Waals surface area contributed by atoms with E-state index >= 15 is 0 Å². The molecule has 7 heteroatoms. The highest BCUT2D eigenvalue weighted by Crippen LogP contribution is 2.33. The summed E-state index contributed by atoms with van der Waals surface area (Å²) in [7, 11) is 1.52. The van der Waals surface area contributed by atoms with Crippen molar-refractivity contribution < 1.29 is 9.53 Å². The number of carbonyl (C=O) groups is 1. The first-order valence-corrected chi connectivity index (χ1v) is 8.28. The summed E-state index contributed by atoms with van der Waals surface area (Å²) in [5.74, 6) is 0.673. The van der Waals surface area contributed by atoms with E-state index in [1.807, 2.05) is 19.1 Å². The quantitative estimate of drug-likeness (QED) is 0.680. The van der Waals surface area contributed by atoms with Gasteiger partial charge in [0.2, 0.25) is 0 Å². The number of hydrogen-bond acceptors (Lipinski definition) is 3. The molecule has 2 aromatic rings. The Balaban J connectivity index is 2.34. The molecule has 4 nitrogen and oxygen atoms in total. The van der Waals surface area contributed by atoms with Crippen LogP contribution in [-0.2, 0) is 0 Å². The van der Waals surface area contributed by atoms with Gasteiger partial charge >= 0.3 is 0 Å². The summed E-state index contributed by atoms with van der Waals surface area (Å²) in [6, 6.07) is 7.09. The van der Waals surface area contributed by atoms with Crippen LogP contribution in [0, 0.1) is 6.92 Å². The number of methoxy groups -OCH3 is 1. The summed E-state index contributed by atoms with van der Waals surface area (Å²) in [5, 5.41) is 2.76. The van der Waals surface area contributed by atoms with Crippen molar-refractivity contribution in [2.24, 2.45) is 0 Å². The summed E-state index contributed by atoms with van der Waals surface area (Å²) >= 11 is 10.1. The van der Waals surface area contributed by atoms with Crippen LogP contribution < -0.4 is 10.1 Å². The van der Waals surface area contributed by atoms with E-state index in [1.165, 1.54) is 7.11 Å². The van der Waals surface area contributed by atoms with Gasteiger partial charge in [0, 0.05) is 8.95 Å². The molecule has 0 fully saturated rings. The molecule has 1 aromatic carbocycles. The third-order valence-electron chi connectivity index (χ3n) is 2.72. The minimum Gasteiger partial charge on any atom is -0.495 e. The van der Waals surface area contributed by atoms with Crippen LogP contribution in [0.1, 0.15) is 16.1 Å². The van der Waals surface area contributed by atoms with Gasteiger partial charge in [-0.1, -0.05) is 15.9 Å². The highest BCUT2D eigenvalue weighted by Gasteiger charge is 2.17. The third-order valence-corrected chi connectivity index (χ3v) is 4.61. The molecule has 1 N–H and O–H groups in total. The van der Waals surface area contributed by atoms with E-state index in [0.29, 0.717) is 21.6 Å². The average Bonchev–Trinajstić information content (AvgIpc) is 2.42. The molecule has 0 aliphatic rings. The molecule has 110 valence electrons. The Kier molecular flexibility index (Phi) is 5.40. The van der Waals surface area contributed by atoms with Crippen molar-refractivity contribution in [2.75, 3.05) is 12.4 Å². The molecule has 0 radical (unpaired) electrons. The van der Waals surface area contributed by atoms with Gasteiger partial charge < -0.3 is 10.1 Å². The number of benzene rings is 1. The molecule has 0 saturated heterocycles. The molecule has 0 saturated carbocycles. The van der Waals surface area contributed by atoms with Crippen LogP contribution in [0.5, 0.6) is 5.75 Å². The molecule has 0 spiro atoms. The third kappa shape index (κ3) is 3.84. The molecule has 1 aromatic heterocycles. The van der Waals surface area contributed by atoms with Crippen molar-refractivity contribution in [1.29, 1.82) is 0 Å². The van der Waals surface area contributed by atoms with Gasteiger partial charge in [0.05, 0.1) is 22.8 Å². The number of halogens is 3.